The quantitative estimate of drug-likeness (QED) is 0.752. The van der Waals surface area contributed by atoms with Crippen molar-refractivity contribution in [3.63, 3.8) is 0 Å². The van der Waals surface area contributed by atoms with E-state index in [-0.39, 0.29) is 11.8 Å². The Balaban J connectivity index is 1.76. The lowest BCUT2D eigenvalue weighted by Gasteiger charge is -2.18. The number of nitrogens with zero attached hydrogens (tertiary/aromatic N) is 1. The first-order chi connectivity index (χ1) is 8.99. The first-order valence-corrected chi connectivity index (χ1v) is 7.19. The van der Waals surface area contributed by atoms with E-state index in [4.69, 9.17) is 5.11 Å². The predicted octanol–water partition coefficient (Wildman–Crippen LogP) is 0.944. The van der Waals surface area contributed by atoms with Crippen molar-refractivity contribution in [2.45, 2.75) is 38.6 Å². The Kier molecular flexibility index (Phi) is 4.45. The summed E-state index contributed by atoms with van der Waals surface area (Å²) in [6.07, 6.45) is 3.83. The Morgan fingerprint density at radius 3 is 2.47 bits per heavy atom. The zero-order valence-corrected chi connectivity index (χ0v) is 11.8. The number of nitrogens with one attached hydrogen (secondary N) is 1. The van der Waals surface area contributed by atoms with E-state index in [1.807, 2.05) is 6.92 Å². The molecule has 0 radical (unpaired) electrons. The lowest BCUT2D eigenvalue weighted by atomic mass is 9.95. The molecule has 0 aromatic rings. The fraction of sp³-hybridized carbons (Fsp3) is 0.857. The van der Waals surface area contributed by atoms with Crippen LogP contribution in [0.25, 0.3) is 0 Å². The summed E-state index contributed by atoms with van der Waals surface area (Å²) in [5, 5.41) is 12.1. The molecule has 2 aliphatic carbocycles. The van der Waals surface area contributed by atoms with Gasteiger partial charge in [-0.25, -0.2) is 0 Å². The van der Waals surface area contributed by atoms with E-state index >= 15 is 0 Å². The largest absolute Gasteiger partial charge is 0.481 e. The molecule has 2 saturated carbocycles. The number of aliphatic carboxylic acids is 1. The van der Waals surface area contributed by atoms with Crippen LogP contribution in [0.1, 0.15) is 32.6 Å². The maximum absolute atomic E-state index is 12.1. The monoisotopic (exact) mass is 268 g/mol. The molecule has 2 aliphatic rings. The molecule has 0 aromatic carbocycles. The number of carbonyl (C=O) groups excluding carboxylic acids is 1. The Labute approximate surface area is 114 Å². The summed E-state index contributed by atoms with van der Waals surface area (Å²) in [5.74, 6) is -1.44. The number of hydrogen-bond donors (Lipinski definition) is 2. The third-order valence-electron chi connectivity index (χ3n) is 4.39. The Morgan fingerprint density at radius 1 is 1.26 bits per heavy atom. The molecule has 1 unspecified atom stereocenters. The van der Waals surface area contributed by atoms with Crippen LogP contribution in [-0.4, -0.2) is 48.1 Å². The lowest BCUT2D eigenvalue weighted by molar-refractivity contribution is -0.146. The minimum Gasteiger partial charge on any atom is -0.481 e. The van der Waals surface area contributed by atoms with Crippen molar-refractivity contribution in [3.8, 4) is 0 Å². The van der Waals surface area contributed by atoms with Crippen LogP contribution in [0.3, 0.4) is 0 Å². The fourth-order valence-electron chi connectivity index (χ4n) is 3.04. The Bertz CT molecular complexity index is 355. The number of carboxylic acid groups (broad SMARTS) is 1. The van der Waals surface area contributed by atoms with Gasteiger partial charge in [0, 0.05) is 19.1 Å². The lowest BCUT2D eigenvalue weighted by Crippen LogP contribution is -2.39. The molecule has 0 aromatic heterocycles. The van der Waals surface area contributed by atoms with Crippen LogP contribution in [0.4, 0.5) is 0 Å². The molecule has 5 nitrogen and oxygen atoms in total. The van der Waals surface area contributed by atoms with Gasteiger partial charge in [-0.15, -0.1) is 0 Å². The SMILES string of the molecule is CC1C[C@H](C(=O)NCCN(C)C2CC2)[C@H](C(=O)O)C1. The van der Waals surface area contributed by atoms with Crippen LogP contribution in [0.2, 0.25) is 0 Å². The summed E-state index contributed by atoms with van der Waals surface area (Å²) in [4.78, 5) is 25.5. The number of hydrogen-bond acceptors (Lipinski definition) is 3. The molecule has 19 heavy (non-hydrogen) atoms. The molecule has 108 valence electrons. The van der Waals surface area contributed by atoms with Crippen LogP contribution < -0.4 is 5.32 Å². The maximum Gasteiger partial charge on any atom is 0.307 e. The predicted molar refractivity (Wildman–Crippen MR) is 71.7 cm³/mol. The summed E-state index contributed by atoms with van der Waals surface area (Å²) in [7, 11) is 2.07. The van der Waals surface area contributed by atoms with E-state index in [0.29, 0.717) is 31.3 Å². The molecule has 3 atom stereocenters. The highest BCUT2D eigenvalue weighted by atomic mass is 16.4. The van der Waals surface area contributed by atoms with Gasteiger partial charge >= 0.3 is 5.97 Å². The minimum absolute atomic E-state index is 0.0825. The molecule has 0 aliphatic heterocycles. The van der Waals surface area contributed by atoms with E-state index < -0.39 is 11.9 Å². The fourth-order valence-corrected chi connectivity index (χ4v) is 3.04. The first kappa shape index (κ1) is 14.3. The van der Waals surface area contributed by atoms with Gasteiger partial charge in [-0.05, 0) is 38.6 Å². The summed E-state index contributed by atoms with van der Waals surface area (Å²) < 4.78 is 0. The first-order valence-electron chi connectivity index (χ1n) is 7.19. The Hall–Kier alpha value is -1.10. The normalized spacial score (nSPS) is 30.6. The van der Waals surface area contributed by atoms with Gasteiger partial charge in [0.05, 0.1) is 11.8 Å². The smallest absolute Gasteiger partial charge is 0.307 e. The maximum atomic E-state index is 12.1. The van der Waals surface area contributed by atoms with Gasteiger partial charge in [-0.3, -0.25) is 9.59 Å². The van der Waals surface area contributed by atoms with E-state index in [2.05, 4.69) is 17.3 Å². The van der Waals surface area contributed by atoms with Crippen molar-refractivity contribution >= 4 is 11.9 Å². The summed E-state index contributed by atoms with van der Waals surface area (Å²) in [6.45, 7) is 3.48. The van der Waals surface area contributed by atoms with Crippen LogP contribution in [0, 0.1) is 17.8 Å². The molecule has 2 N–H and O–H groups in total. The van der Waals surface area contributed by atoms with E-state index in [1.165, 1.54) is 12.8 Å². The molecule has 5 heteroatoms. The number of likely N-dealkylation sites (N-methyl/N-ethyl adjacent to an activating group) is 1. The van der Waals surface area contributed by atoms with Gasteiger partial charge in [-0.1, -0.05) is 6.92 Å². The second-order valence-corrected chi connectivity index (χ2v) is 6.13. The average Bonchev–Trinajstić information content (AvgIpc) is 3.11. The van der Waals surface area contributed by atoms with E-state index in [1.54, 1.807) is 0 Å². The van der Waals surface area contributed by atoms with Crippen LogP contribution >= 0.6 is 0 Å². The molecule has 0 bridgehead atoms. The average molecular weight is 268 g/mol. The summed E-state index contributed by atoms with van der Waals surface area (Å²) in [6, 6.07) is 0.690. The van der Waals surface area contributed by atoms with Crippen LogP contribution in [0.5, 0.6) is 0 Å². The van der Waals surface area contributed by atoms with Gasteiger partial charge in [0.15, 0.2) is 0 Å². The van der Waals surface area contributed by atoms with Gasteiger partial charge in [-0.2, -0.15) is 0 Å². The highest BCUT2D eigenvalue weighted by molar-refractivity contribution is 5.85. The second kappa shape index (κ2) is 5.90. The molecule has 1 amide bonds. The number of rotatable bonds is 6. The molecule has 2 rings (SSSR count). The molecule has 0 spiro atoms. The highest BCUT2D eigenvalue weighted by Gasteiger charge is 2.41. The second-order valence-electron chi connectivity index (χ2n) is 6.13. The molecule has 2 fully saturated rings. The molecular formula is C14H24N2O3. The zero-order valence-electron chi connectivity index (χ0n) is 11.8. The van der Waals surface area contributed by atoms with Gasteiger partial charge in [0.25, 0.3) is 0 Å². The highest BCUT2D eigenvalue weighted by Crippen LogP contribution is 2.36. The van der Waals surface area contributed by atoms with Crippen molar-refractivity contribution in [2.75, 3.05) is 20.1 Å². The van der Waals surface area contributed by atoms with Crippen molar-refractivity contribution < 1.29 is 14.7 Å². The zero-order chi connectivity index (χ0) is 14.0. The Morgan fingerprint density at radius 2 is 1.89 bits per heavy atom. The van der Waals surface area contributed by atoms with Crippen LogP contribution in [0.15, 0.2) is 0 Å². The van der Waals surface area contributed by atoms with Crippen molar-refractivity contribution in [1.82, 2.24) is 10.2 Å². The number of amides is 1. The van der Waals surface area contributed by atoms with Crippen molar-refractivity contribution in [3.05, 3.63) is 0 Å². The van der Waals surface area contributed by atoms with Gasteiger partial charge in [0.1, 0.15) is 0 Å². The van der Waals surface area contributed by atoms with Crippen LogP contribution in [-0.2, 0) is 9.59 Å². The third kappa shape index (κ3) is 3.69. The van der Waals surface area contributed by atoms with E-state index in [0.717, 1.165) is 6.54 Å². The van der Waals surface area contributed by atoms with Crippen molar-refractivity contribution in [1.29, 1.82) is 0 Å². The molecule has 0 heterocycles. The number of carboxylic acids is 1. The summed E-state index contributed by atoms with van der Waals surface area (Å²) >= 11 is 0. The number of carbonyl (C=O) groups is 2. The topological polar surface area (TPSA) is 69.6 Å². The standard InChI is InChI=1S/C14H24N2O3/c1-9-7-11(12(8-9)14(18)19)13(17)15-5-6-16(2)10-3-4-10/h9-12H,3-8H2,1-2H3,(H,15,17)(H,18,19)/t9?,11-,12+/m0/s1. The van der Waals surface area contributed by atoms with Gasteiger partial charge in [0.2, 0.25) is 5.91 Å². The van der Waals surface area contributed by atoms with Crippen molar-refractivity contribution in [2.24, 2.45) is 17.8 Å². The van der Waals surface area contributed by atoms with E-state index in [9.17, 15) is 9.59 Å². The minimum atomic E-state index is -0.834. The third-order valence-corrected chi connectivity index (χ3v) is 4.39. The molecule has 0 saturated heterocycles. The molecular weight excluding hydrogens is 244 g/mol. The van der Waals surface area contributed by atoms with Gasteiger partial charge < -0.3 is 15.3 Å². The summed E-state index contributed by atoms with van der Waals surface area (Å²) in [5.41, 5.74) is 0.